The zero-order valence-electron chi connectivity index (χ0n) is 9.55. The SMILES string of the molecule is CCCNCCC(C)Cc1ccc(Br)s1. The van der Waals surface area contributed by atoms with Crippen LogP contribution in [0.1, 0.15) is 31.6 Å². The molecule has 1 heterocycles. The summed E-state index contributed by atoms with van der Waals surface area (Å²) >= 11 is 5.36. The molecule has 0 amide bonds. The van der Waals surface area contributed by atoms with E-state index in [1.165, 1.54) is 27.9 Å². The summed E-state index contributed by atoms with van der Waals surface area (Å²) in [6.45, 7) is 6.85. The predicted molar refractivity (Wildman–Crippen MR) is 72.7 cm³/mol. The van der Waals surface area contributed by atoms with Crippen molar-refractivity contribution in [1.82, 2.24) is 5.32 Å². The van der Waals surface area contributed by atoms with Crippen LogP contribution in [0.2, 0.25) is 0 Å². The molecule has 0 aliphatic heterocycles. The Labute approximate surface area is 105 Å². The number of nitrogens with one attached hydrogen (secondary N) is 1. The fourth-order valence-electron chi connectivity index (χ4n) is 1.56. The third kappa shape index (κ3) is 5.69. The van der Waals surface area contributed by atoms with Crippen molar-refractivity contribution in [2.45, 2.75) is 33.1 Å². The van der Waals surface area contributed by atoms with Crippen LogP contribution in [0.4, 0.5) is 0 Å². The minimum absolute atomic E-state index is 0.778. The molecule has 0 fully saturated rings. The van der Waals surface area contributed by atoms with Gasteiger partial charge in [-0.2, -0.15) is 0 Å². The zero-order chi connectivity index (χ0) is 11.1. The minimum atomic E-state index is 0.778. The third-order valence-corrected chi connectivity index (χ3v) is 4.07. The quantitative estimate of drug-likeness (QED) is 0.746. The van der Waals surface area contributed by atoms with E-state index in [4.69, 9.17) is 0 Å². The maximum absolute atomic E-state index is 3.50. The number of hydrogen-bond donors (Lipinski definition) is 1. The minimum Gasteiger partial charge on any atom is -0.317 e. The highest BCUT2D eigenvalue weighted by Crippen LogP contribution is 2.24. The molecule has 0 saturated heterocycles. The maximum atomic E-state index is 3.50. The highest BCUT2D eigenvalue weighted by molar-refractivity contribution is 9.11. The first kappa shape index (κ1) is 13.2. The topological polar surface area (TPSA) is 12.0 Å². The summed E-state index contributed by atoms with van der Waals surface area (Å²) in [5.41, 5.74) is 0. The lowest BCUT2D eigenvalue weighted by molar-refractivity contribution is 0.501. The van der Waals surface area contributed by atoms with Gasteiger partial charge in [-0.05, 0) is 66.3 Å². The van der Waals surface area contributed by atoms with E-state index >= 15 is 0 Å². The summed E-state index contributed by atoms with van der Waals surface area (Å²) in [4.78, 5) is 1.49. The molecule has 0 aliphatic rings. The molecule has 0 bridgehead atoms. The lowest BCUT2D eigenvalue weighted by Crippen LogP contribution is -2.18. The van der Waals surface area contributed by atoms with Crippen LogP contribution in [-0.4, -0.2) is 13.1 Å². The standard InChI is InChI=1S/C12H20BrNS/c1-3-7-14-8-6-10(2)9-11-4-5-12(13)15-11/h4-5,10,14H,3,6-9H2,1-2H3. The van der Waals surface area contributed by atoms with Crippen molar-refractivity contribution < 1.29 is 0 Å². The maximum Gasteiger partial charge on any atom is 0.0701 e. The Morgan fingerprint density at radius 3 is 2.80 bits per heavy atom. The first-order valence-corrected chi connectivity index (χ1v) is 7.28. The van der Waals surface area contributed by atoms with Crippen molar-refractivity contribution in [1.29, 1.82) is 0 Å². The summed E-state index contributed by atoms with van der Waals surface area (Å²) in [6.07, 6.45) is 3.71. The van der Waals surface area contributed by atoms with Gasteiger partial charge < -0.3 is 5.32 Å². The largest absolute Gasteiger partial charge is 0.317 e. The molecular formula is C12H20BrNS. The molecule has 1 aromatic heterocycles. The van der Waals surface area contributed by atoms with Crippen LogP contribution in [0.15, 0.2) is 15.9 Å². The van der Waals surface area contributed by atoms with Gasteiger partial charge in [0.05, 0.1) is 3.79 Å². The molecule has 1 rings (SSSR count). The molecule has 0 saturated carbocycles. The average molecular weight is 290 g/mol. The molecule has 0 aromatic carbocycles. The molecule has 0 aliphatic carbocycles. The van der Waals surface area contributed by atoms with E-state index in [0.717, 1.165) is 19.0 Å². The van der Waals surface area contributed by atoms with Crippen LogP contribution in [-0.2, 0) is 6.42 Å². The van der Waals surface area contributed by atoms with Crippen molar-refractivity contribution >= 4 is 27.3 Å². The molecule has 86 valence electrons. The highest BCUT2D eigenvalue weighted by Gasteiger charge is 2.05. The van der Waals surface area contributed by atoms with Crippen LogP contribution in [0.25, 0.3) is 0 Å². The molecule has 3 heteroatoms. The molecule has 1 nitrogen and oxygen atoms in total. The molecular weight excluding hydrogens is 270 g/mol. The Morgan fingerprint density at radius 1 is 1.40 bits per heavy atom. The molecule has 1 atom stereocenters. The average Bonchev–Trinajstić information content (AvgIpc) is 2.59. The second-order valence-corrected chi connectivity index (χ2v) is 6.60. The lowest BCUT2D eigenvalue weighted by atomic mass is 10.0. The van der Waals surface area contributed by atoms with Gasteiger partial charge in [-0.3, -0.25) is 0 Å². The first-order chi connectivity index (χ1) is 7.22. The number of hydrogen-bond acceptors (Lipinski definition) is 2. The van der Waals surface area contributed by atoms with E-state index in [2.05, 4.69) is 47.2 Å². The Kier molecular flexibility index (Phi) is 6.53. The molecule has 0 radical (unpaired) electrons. The smallest absolute Gasteiger partial charge is 0.0701 e. The van der Waals surface area contributed by atoms with E-state index in [1.54, 1.807) is 0 Å². The second-order valence-electron chi connectivity index (χ2n) is 4.05. The van der Waals surface area contributed by atoms with Gasteiger partial charge in [-0.25, -0.2) is 0 Å². The number of halogens is 1. The van der Waals surface area contributed by atoms with E-state index in [-0.39, 0.29) is 0 Å². The van der Waals surface area contributed by atoms with Crippen LogP contribution in [0.5, 0.6) is 0 Å². The molecule has 15 heavy (non-hydrogen) atoms. The van der Waals surface area contributed by atoms with E-state index in [0.29, 0.717) is 0 Å². The normalized spacial score (nSPS) is 13.0. The zero-order valence-corrected chi connectivity index (χ0v) is 12.0. The summed E-state index contributed by atoms with van der Waals surface area (Å²) in [5.74, 6) is 0.778. The van der Waals surface area contributed by atoms with Gasteiger partial charge >= 0.3 is 0 Å². The van der Waals surface area contributed by atoms with Gasteiger partial charge in [-0.15, -0.1) is 11.3 Å². The summed E-state index contributed by atoms with van der Waals surface area (Å²) < 4.78 is 1.24. The fourth-order valence-corrected chi connectivity index (χ4v) is 3.20. The molecule has 1 aromatic rings. The summed E-state index contributed by atoms with van der Waals surface area (Å²) in [7, 11) is 0. The van der Waals surface area contributed by atoms with E-state index in [1.807, 2.05) is 11.3 Å². The van der Waals surface area contributed by atoms with E-state index < -0.39 is 0 Å². The Morgan fingerprint density at radius 2 is 2.20 bits per heavy atom. The summed E-state index contributed by atoms with van der Waals surface area (Å²) in [6, 6.07) is 4.37. The Hall–Kier alpha value is 0.140. The summed E-state index contributed by atoms with van der Waals surface area (Å²) in [5, 5.41) is 3.45. The number of rotatable bonds is 7. The van der Waals surface area contributed by atoms with Crippen LogP contribution in [0, 0.1) is 5.92 Å². The van der Waals surface area contributed by atoms with Crippen molar-refractivity contribution in [2.75, 3.05) is 13.1 Å². The monoisotopic (exact) mass is 289 g/mol. The molecule has 0 spiro atoms. The Balaban J connectivity index is 2.15. The van der Waals surface area contributed by atoms with Gasteiger partial charge in [0.25, 0.3) is 0 Å². The molecule has 1 unspecified atom stereocenters. The van der Waals surface area contributed by atoms with E-state index in [9.17, 15) is 0 Å². The fraction of sp³-hybridized carbons (Fsp3) is 0.667. The van der Waals surface area contributed by atoms with Gasteiger partial charge in [0, 0.05) is 4.88 Å². The predicted octanol–water partition coefficient (Wildman–Crippen LogP) is 4.08. The highest BCUT2D eigenvalue weighted by atomic mass is 79.9. The lowest BCUT2D eigenvalue weighted by Gasteiger charge is -2.10. The van der Waals surface area contributed by atoms with Crippen molar-refractivity contribution in [2.24, 2.45) is 5.92 Å². The van der Waals surface area contributed by atoms with Crippen molar-refractivity contribution in [3.05, 3.63) is 20.8 Å². The number of thiophene rings is 1. The van der Waals surface area contributed by atoms with Crippen LogP contribution in [0.3, 0.4) is 0 Å². The third-order valence-electron chi connectivity index (χ3n) is 2.42. The van der Waals surface area contributed by atoms with Gasteiger partial charge in [0.2, 0.25) is 0 Å². The van der Waals surface area contributed by atoms with Gasteiger partial charge in [0.15, 0.2) is 0 Å². The van der Waals surface area contributed by atoms with Crippen LogP contribution >= 0.6 is 27.3 Å². The van der Waals surface area contributed by atoms with Crippen molar-refractivity contribution in [3.63, 3.8) is 0 Å². The molecule has 1 N–H and O–H groups in total. The Bertz CT molecular complexity index is 272. The van der Waals surface area contributed by atoms with Crippen molar-refractivity contribution in [3.8, 4) is 0 Å². The first-order valence-electron chi connectivity index (χ1n) is 5.67. The van der Waals surface area contributed by atoms with Crippen LogP contribution < -0.4 is 5.32 Å². The van der Waals surface area contributed by atoms with Gasteiger partial charge in [0.1, 0.15) is 0 Å². The second kappa shape index (κ2) is 7.42. The van der Waals surface area contributed by atoms with Gasteiger partial charge in [-0.1, -0.05) is 13.8 Å².